The molecule has 0 radical (unpaired) electrons. The summed E-state index contributed by atoms with van der Waals surface area (Å²) < 4.78 is 0. The van der Waals surface area contributed by atoms with E-state index in [-0.39, 0.29) is 12.1 Å². The van der Waals surface area contributed by atoms with Gasteiger partial charge in [-0.3, -0.25) is 10.1 Å². The van der Waals surface area contributed by atoms with Gasteiger partial charge in [0.25, 0.3) is 0 Å². The van der Waals surface area contributed by atoms with Crippen LogP contribution in [0.3, 0.4) is 0 Å². The minimum absolute atomic E-state index is 0.0675. The van der Waals surface area contributed by atoms with Crippen molar-refractivity contribution in [3.8, 4) is 6.07 Å². The zero-order chi connectivity index (χ0) is 8.97. The Morgan fingerprint density at radius 3 is 2.58 bits per heavy atom. The van der Waals surface area contributed by atoms with Crippen LogP contribution in [0.5, 0.6) is 0 Å². The first-order valence-corrected chi connectivity index (χ1v) is 3.06. The van der Waals surface area contributed by atoms with Gasteiger partial charge >= 0.3 is 5.69 Å². The number of nitro groups is 1. The van der Waals surface area contributed by atoms with Gasteiger partial charge in [0.15, 0.2) is 0 Å². The summed E-state index contributed by atoms with van der Waals surface area (Å²) in [7, 11) is 0. The second kappa shape index (κ2) is 3.39. The standard InChI is InChI=1S/C6H4N4O2/c7-2-1-6-8-3-5(4-9-6)10(11)12/h3-4H,1H2. The molecule has 1 aromatic heterocycles. The topological polar surface area (TPSA) is 92.7 Å². The van der Waals surface area contributed by atoms with E-state index in [1.165, 1.54) is 0 Å². The average molecular weight is 164 g/mol. The molecule has 12 heavy (non-hydrogen) atoms. The molecule has 0 aliphatic heterocycles. The molecule has 0 aliphatic carbocycles. The minimum atomic E-state index is -0.587. The lowest BCUT2D eigenvalue weighted by Gasteiger charge is -1.91. The van der Waals surface area contributed by atoms with Crippen molar-refractivity contribution in [3.63, 3.8) is 0 Å². The third-order valence-electron chi connectivity index (χ3n) is 1.14. The van der Waals surface area contributed by atoms with Crippen LogP contribution in [0.15, 0.2) is 12.4 Å². The Morgan fingerprint density at radius 2 is 2.17 bits per heavy atom. The molecule has 60 valence electrons. The lowest BCUT2D eigenvalue weighted by atomic mass is 10.4. The molecule has 1 aromatic rings. The summed E-state index contributed by atoms with van der Waals surface area (Å²) in [5.41, 5.74) is -0.170. The second-order valence-electron chi connectivity index (χ2n) is 1.95. The fraction of sp³-hybridized carbons (Fsp3) is 0.167. The molecular formula is C6H4N4O2. The van der Waals surface area contributed by atoms with E-state index in [4.69, 9.17) is 5.26 Å². The summed E-state index contributed by atoms with van der Waals surface area (Å²) in [6, 6.07) is 1.84. The Labute approximate surface area is 67.6 Å². The van der Waals surface area contributed by atoms with Crippen LogP contribution >= 0.6 is 0 Å². The van der Waals surface area contributed by atoms with E-state index < -0.39 is 4.92 Å². The Morgan fingerprint density at radius 1 is 1.58 bits per heavy atom. The molecule has 0 aromatic carbocycles. The van der Waals surface area contributed by atoms with Crippen molar-refractivity contribution in [2.24, 2.45) is 0 Å². The van der Waals surface area contributed by atoms with Crippen molar-refractivity contribution in [2.45, 2.75) is 6.42 Å². The summed E-state index contributed by atoms with van der Waals surface area (Å²) in [5.74, 6) is 0.295. The number of hydrogen-bond donors (Lipinski definition) is 0. The highest BCUT2D eigenvalue weighted by Gasteiger charge is 2.05. The van der Waals surface area contributed by atoms with E-state index in [0.29, 0.717) is 5.82 Å². The summed E-state index contributed by atoms with van der Waals surface area (Å²) in [6.07, 6.45) is 2.23. The van der Waals surface area contributed by atoms with Gasteiger partial charge in [-0.25, -0.2) is 9.97 Å². The van der Waals surface area contributed by atoms with Crippen molar-refractivity contribution >= 4 is 5.69 Å². The van der Waals surface area contributed by atoms with E-state index in [9.17, 15) is 10.1 Å². The lowest BCUT2D eigenvalue weighted by Crippen LogP contribution is -1.95. The SMILES string of the molecule is N#CCc1ncc([N+](=O)[O-])cn1. The first kappa shape index (κ1) is 8.07. The van der Waals surface area contributed by atoms with Crippen molar-refractivity contribution in [3.05, 3.63) is 28.3 Å². The van der Waals surface area contributed by atoms with Gasteiger partial charge in [0, 0.05) is 0 Å². The normalized spacial score (nSPS) is 8.92. The van der Waals surface area contributed by atoms with Crippen LogP contribution in [0.1, 0.15) is 5.82 Å². The molecule has 0 saturated heterocycles. The lowest BCUT2D eigenvalue weighted by molar-refractivity contribution is -0.385. The van der Waals surface area contributed by atoms with Gasteiger partial charge in [-0.05, 0) is 0 Å². The van der Waals surface area contributed by atoms with Crippen LogP contribution in [0, 0.1) is 21.4 Å². The Balaban J connectivity index is 2.87. The van der Waals surface area contributed by atoms with Gasteiger partial charge in [-0.1, -0.05) is 0 Å². The van der Waals surface area contributed by atoms with E-state index >= 15 is 0 Å². The fourth-order valence-corrected chi connectivity index (χ4v) is 0.604. The number of rotatable bonds is 2. The number of hydrogen-bond acceptors (Lipinski definition) is 5. The monoisotopic (exact) mass is 164 g/mol. The van der Waals surface area contributed by atoms with Gasteiger partial charge in [-0.15, -0.1) is 0 Å². The van der Waals surface area contributed by atoms with Crippen LogP contribution in [0.4, 0.5) is 5.69 Å². The first-order chi connectivity index (χ1) is 5.74. The summed E-state index contributed by atoms with van der Waals surface area (Å²) >= 11 is 0. The molecule has 1 heterocycles. The van der Waals surface area contributed by atoms with Crippen LogP contribution in [-0.4, -0.2) is 14.9 Å². The number of nitriles is 1. The third-order valence-corrected chi connectivity index (χ3v) is 1.14. The van der Waals surface area contributed by atoms with Crippen LogP contribution in [0.25, 0.3) is 0 Å². The van der Waals surface area contributed by atoms with Gasteiger partial charge in [0.1, 0.15) is 18.2 Å². The molecule has 0 saturated carbocycles. The molecule has 0 bridgehead atoms. The molecule has 0 fully saturated rings. The zero-order valence-electron chi connectivity index (χ0n) is 5.97. The maximum absolute atomic E-state index is 10.1. The van der Waals surface area contributed by atoms with E-state index in [1.807, 2.05) is 6.07 Å². The molecule has 0 atom stereocenters. The molecule has 6 heteroatoms. The fourth-order valence-electron chi connectivity index (χ4n) is 0.604. The second-order valence-corrected chi connectivity index (χ2v) is 1.95. The molecule has 0 unspecified atom stereocenters. The van der Waals surface area contributed by atoms with Gasteiger partial charge in [0.2, 0.25) is 0 Å². The number of nitrogens with zero attached hydrogens (tertiary/aromatic N) is 4. The highest BCUT2D eigenvalue weighted by atomic mass is 16.6. The maximum Gasteiger partial charge on any atom is 0.305 e. The minimum Gasteiger partial charge on any atom is -0.258 e. The first-order valence-electron chi connectivity index (χ1n) is 3.06. The van der Waals surface area contributed by atoms with Crippen LogP contribution in [0.2, 0.25) is 0 Å². The summed E-state index contributed by atoms with van der Waals surface area (Å²) in [4.78, 5) is 16.8. The summed E-state index contributed by atoms with van der Waals surface area (Å²) in [5, 5.41) is 18.4. The highest BCUT2D eigenvalue weighted by Crippen LogP contribution is 2.05. The molecule has 0 N–H and O–H groups in total. The van der Waals surface area contributed by atoms with E-state index in [1.54, 1.807) is 0 Å². The maximum atomic E-state index is 10.1. The molecule has 0 spiro atoms. The van der Waals surface area contributed by atoms with Crippen molar-refractivity contribution in [1.82, 2.24) is 9.97 Å². The van der Waals surface area contributed by atoms with Crippen LogP contribution in [-0.2, 0) is 6.42 Å². The molecule has 0 aliphatic rings. The quantitative estimate of drug-likeness (QED) is 0.467. The predicted octanol–water partition coefficient (Wildman–Crippen LogP) is 0.451. The van der Waals surface area contributed by atoms with E-state index in [0.717, 1.165) is 12.4 Å². The van der Waals surface area contributed by atoms with Gasteiger partial charge in [0.05, 0.1) is 17.4 Å². The molecule has 0 amide bonds. The van der Waals surface area contributed by atoms with Crippen molar-refractivity contribution in [1.29, 1.82) is 5.26 Å². The van der Waals surface area contributed by atoms with Crippen molar-refractivity contribution in [2.75, 3.05) is 0 Å². The molecule has 1 rings (SSSR count). The number of aromatic nitrogens is 2. The molecule has 6 nitrogen and oxygen atoms in total. The zero-order valence-corrected chi connectivity index (χ0v) is 5.97. The molecular weight excluding hydrogens is 160 g/mol. The van der Waals surface area contributed by atoms with Gasteiger partial charge < -0.3 is 0 Å². The third kappa shape index (κ3) is 1.73. The smallest absolute Gasteiger partial charge is 0.258 e. The largest absolute Gasteiger partial charge is 0.305 e. The Hall–Kier alpha value is -2.03. The van der Waals surface area contributed by atoms with E-state index in [2.05, 4.69) is 9.97 Å². The predicted molar refractivity (Wildman–Crippen MR) is 38.0 cm³/mol. The van der Waals surface area contributed by atoms with Gasteiger partial charge in [-0.2, -0.15) is 5.26 Å². The van der Waals surface area contributed by atoms with Crippen molar-refractivity contribution < 1.29 is 4.92 Å². The Kier molecular flexibility index (Phi) is 2.28. The van der Waals surface area contributed by atoms with Crippen LogP contribution < -0.4 is 0 Å². The highest BCUT2D eigenvalue weighted by molar-refractivity contribution is 5.21. The average Bonchev–Trinajstić information content (AvgIpc) is 2.06. The Bertz CT molecular complexity index is 326. The summed E-state index contributed by atoms with van der Waals surface area (Å²) in [6.45, 7) is 0.